The van der Waals surface area contributed by atoms with Crippen molar-refractivity contribution in [2.24, 2.45) is 0 Å². The zero-order valence-corrected chi connectivity index (χ0v) is 12.7. The van der Waals surface area contributed by atoms with E-state index >= 15 is 0 Å². The number of aryl methyl sites for hydroxylation is 1. The molecule has 0 aliphatic rings. The highest BCUT2D eigenvalue weighted by Crippen LogP contribution is 2.27. The first kappa shape index (κ1) is 15.2. The lowest BCUT2D eigenvalue weighted by atomic mass is 10.2. The number of nitrogens with zero attached hydrogens (tertiary/aromatic N) is 3. The molecule has 0 unspecified atom stereocenters. The molecule has 0 radical (unpaired) electrons. The topological polar surface area (TPSA) is 41.1 Å². The highest BCUT2D eigenvalue weighted by Gasteiger charge is 2.15. The Bertz CT molecular complexity index is 601. The summed E-state index contributed by atoms with van der Waals surface area (Å²) in [5, 5.41) is 3.04. The van der Waals surface area contributed by atoms with Crippen molar-refractivity contribution in [1.29, 1.82) is 0 Å². The summed E-state index contributed by atoms with van der Waals surface area (Å²) >= 11 is 0. The summed E-state index contributed by atoms with van der Waals surface area (Å²) in [6.45, 7) is 4.70. The Morgan fingerprint density at radius 2 is 1.95 bits per heavy atom. The summed E-state index contributed by atoms with van der Waals surface area (Å²) in [7, 11) is 1.82. The molecule has 0 atom stereocenters. The quantitative estimate of drug-likeness (QED) is 0.878. The summed E-state index contributed by atoms with van der Waals surface area (Å²) in [5.41, 5.74) is 0.531. The minimum absolute atomic E-state index is 0.249. The average molecular weight is 288 g/mol. The van der Waals surface area contributed by atoms with Gasteiger partial charge in [0.1, 0.15) is 23.3 Å². The zero-order valence-electron chi connectivity index (χ0n) is 12.7. The highest BCUT2D eigenvalue weighted by atomic mass is 19.1. The molecule has 0 spiro atoms. The molecular formula is C16H21FN4. The molecule has 0 saturated carbocycles. The van der Waals surface area contributed by atoms with Gasteiger partial charge in [-0.05, 0) is 25.5 Å². The molecule has 5 heteroatoms. The Labute approximate surface area is 125 Å². The number of anilines is 3. The number of benzene rings is 1. The van der Waals surface area contributed by atoms with Crippen molar-refractivity contribution in [2.45, 2.75) is 26.7 Å². The van der Waals surface area contributed by atoms with Crippen molar-refractivity contribution in [3.63, 3.8) is 0 Å². The van der Waals surface area contributed by atoms with Gasteiger partial charge < -0.3 is 10.2 Å². The van der Waals surface area contributed by atoms with Crippen LogP contribution in [-0.2, 0) is 6.42 Å². The third kappa shape index (κ3) is 3.48. The molecule has 0 aliphatic carbocycles. The van der Waals surface area contributed by atoms with Gasteiger partial charge in [-0.1, -0.05) is 19.1 Å². The molecule has 1 aromatic heterocycles. The molecule has 112 valence electrons. The highest BCUT2D eigenvalue weighted by molar-refractivity contribution is 5.63. The molecular weight excluding hydrogens is 267 g/mol. The Morgan fingerprint density at radius 3 is 2.57 bits per heavy atom. The normalized spacial score (nSPS) is 10.5. The van der Waals surface area contributed by atoms with Gasteiger partial charge in [-0.25, -0.2) is 14.4 Å². The van der Waals surface area contributed by atoms with E-state index in [4.69, 9.17) is 0 Å². The number of hydrogen-bond acceptors (Lipinski definition) is 4. The van der Waals surface area contributed by atoms with Crippen molar-refractivity contribution >= 4 is 17.3 Å². The van der Waals surface area contributed by atoms with Crippen LogP contribution in [0.4, 0.5) is 21.7 Å². The van der Waals surface area contributed by atoms with Gasteiger partial charge in [-0.15, -0.1) is 0 Å². The van der Waals surface area contributed by atoms with E-state index in [1.165, 1.54) is 6.07 Å². The average Bonchev–Trinajstić information content (AvgIpc) is 2.50. The maximum atomic E-state index is 14.0. The molecule has 0 bridgehead atoms. The van der Waals surface area contributed by atoms with Crippen LogP contribution in [0.3, 0.4) is 0 Å². The maximum Gasteiger partial charge on any atom is 0.146 e. The smallest absolute Gasteiger partial charge is 0.146 e. The second-order valence-electron chi connectivity index (χ2n) is 4.72. The molecule has 0 amide bonds. The van der Waals surface area contributed by atoms with Gasteiger partial charge in [-0.3, -0.25) is 0 Å². The molecule has 0 saturated heterocycles. The lowest BCUT2D eigenvalue weighted by Gasteiger charge is -2.23. The molecule has 2 rings (SSSR count). The standard InChI is InChI=1S/C16H21FN4/c1-4-8-14-19-15(18-3)11-16(20-14)21(5-2)13-10-7-6-9-12(13)17/h6-7,9-11H,4-5,8H2,1-3H3,(H,18,19,20). The Morgan fingerprint density at radius 1 is 1.19 bits per heavy atom. The van der Waals surface area contributed by atoms with Crippen LogP contribution < -0.4 is 10.2 Å². The van der Waals surface area contributed by atoms with Gasteiger partial charge in [0, 0.05) is 26.1 Å². The third-order valence-corrected chi connectivity index (χ3v) is 3.22. The van der Waals surface area contributed by atoms with Crippen LogP contribution in [0.15, 0.2) is 30.3 Å². The van der Waals surface area contributed by atoms with Crippen molar-refractivity contribution < 1.29 is 4.39 Å². The van der Waals surface area contributed by atoms with Gasteiger partial charge in [0.25, 0.3) is 0 Å². The van der Waals surface area contributed by atoms with Crippen LogP contribution >= 0.6 is 0 Å². The van der Waals surface area contributed by atoms with Crippen LogP contribution in [0.1, 0.15) is 26.1 Å². The number of nitrogens with one attached hydrogen (secondary N) is 1. The van der Waals surface area contributed by atoms with Crippen molar-refractivity contribution in [2.75, 3.05) is 23.8 Å². The number of para-hydroxylation sites is 1. The predicted molar refractivity (Wildman–Crippen MR) is 84.7 cm³/mol. The molecule has 0 aliphatic heterocycles. The van der Waals surface area contributed by atoms with E-state index in [0.717, 1.165) is 24.5 Å². The second kappa shape index (κ2) is 7.02. The monoisotopic (exact) mass is 288 g/mol. The summed E-state index contributed by atoms with van der Waals surface area (Å²) in [4.78, 5) is 10.9. The van der Waals surface area contributed by atoms with E-state index < -0.39 is 0 Å². The van der Waals surface area contributed by atoms with Crippen LogP contribution in [0.25, 0.3) is 0 Å². The zero-order chi connectivity index (χ0) is 15.2. The lowest BCUT2D eigenvalue weighted by molar-refractivity contribution is 0.625. The largest absolute Gasteiger partial charge is 0.373 e. The number of hydrogen-bond donors (Lipinski definition) is 1. The Balaban J connectivity index is 2.46. The van der Waals surface area contributed by atoms with E-state index in [1.807, 2.05) is 31.0 Å². The van der Waals surface area contributed by atoms with E-state index in [0.29, 0.717) is 18.1 Å². The van der Waals surface area contributed by atoms with Gasteiger partial charge in [0.2, 0.25) is 0 Å². The van der Waals surface area contributed by atoms with Crippen molar-refractivity contribution in [3.05, 3.63) is 42.0 Å². The summed E-state index contributed by atoms with van der Waals surface area (Å²) in [6.07, 6.45) is 1.77. The van der Waals surface area contributed by atoms with E-state index in [9.17, 15) is 4.39 Å². The summed E-state index contributed by atoms with van der Waals surface area (Å²) in [5.74, 6) is 1.98. The summed E-state index contributed by atoms with van der Waals surface area (Å²) < 4.78 is 14.0. The van der Waals surface area contributed by atoms with Gasteiger partial charge >= 0.3 is 0 Å². The van der Waals surface area contributed by atoms with E-state index in [2.05, 4.69) is 22.2 Å². The van der Waals surface area contributed by atoms with Crippen molar-refractivity contribution in [1.82, 2.24) is 9.97 Å². The van der Waals surface area contributed by atoms with E-state index in [1.54, 1.807) is 12.1 Å². The fraction of sp³-hybridized carbons (Fsp3) is 0.375. The first-order valence-electron chi connectivity index (χ1n) is 7.27. The summed E-state index contributed by atoms with van der Waals surface area (Å²) in [6, 6.07) is 8.59. The molecule has 1 aromatic carbocycles. The Hall–Kier alpha value is -2.17. The minimum atomic E-state index is -0.249. The Kier molecular flexibility index (Phi) is 5.09. The van der Waals surface area contributed by atoms with Crippen LogP contribution in [-0.4, -0.2) is 23.6 Å². The molecule has 0 fully saturated rings. The number of halogens is 1. The molecule has 21 heavy (non-hydrogen) atoms. The molecule has 4 nitrogen and oxygen atoms in total. The van der Waals surface area contributed by atoms with Crippen LogP contribution in [0.2, 0.25) is 0 Å². The van der Waals surface area contributed by atoms with Gasteiger partial charge in [0.15, 0.2) is 0 Å². The maximum absolute atomic E-state index is 14.0. The van der Waals surface area contributed by atoms with Gasteiger partial charge in [0.05, 0.1) is 5.69 Å². The second-order valence-corrected chi connectivity index (χ2v) is 4.72. The molecule has 2 aromatic rings. The number of rotatable bonds is 6. The number of aromatic nitrogens is 2. The van der Waals surface area contributed by atoms with Crippen molar-refractivity contribution in [3.8, 4) is 0 Å². The first-order valence-corrected chi connectivity index (χ1v) is 7.27. The molecule has 1 heterocycles. The van der Waals surface area contributed by atoms with Crippen LogP contribution in [0, 0.1) is 5.82 Å². The molecule has 1 N–H and O–H groups in total. The van der Waals surface area contributed by atoms with Crippen LogP contribution in [0.5, 0.6) is 0 Å². The van der Waals surface area contributed by atoms with E-state index in [-0.39, 0.29) is 5.82 Å². The predicted octanol–water partition coefficient (Wildman–Crippen LogP) is 3.77. The van der Waals surface area contributed by atoms with Gasteiger partial charge in [-0.2, -0.15) is 0 Å². The fourth-order valence-electron chi connectivity index (χ4n) is 2.21. The SMILES string of the molecule is CCCc1nc(NC)cc(N(CC)c2ccccc2F)n1. The minimum Gasteiger partial charge on any atom is -0.373 e. The third-order valence-electron chi connectivity index (χ3n) is 3.22. The lowest BCUT2D eigenvalue weighted by Crippen LogP contribution is -2.20. The first-order chi connectivity index (χ1) is 10.2. The fourth-order valence-corrected chi connectivity index (χ4v) is 2.21.